The van der Waals surface area contributed by atoms with E-state index in [1.165, 1.54) is 44.6 Å². The molecule has 4 aliphatic carbocycles. The lowest BCUT2D eigenvalue weighted by Crippen LogP contribution is -2.71. The van der Waals surface area contributed by atoms with Gasteiger partial charge >= 0.3 is 5.97 Å². The third-order valence-corrected chi connectivity index (χ3v) is 11.8. The van der Waals surface area contributed by atoms with Crippen LogP contribution in [0.1, 0.15) is 113 Å². The fourth-order valence-corrected chi connectivity index (χ4v) is 9.32. The fourth-order valence-electron chi connectivity index (χ4n) is 9.32. The Hall–Kier alpha value is -0.870. The predicted octanol–water partition coefficient (Wildman–Crippen LogP) is 7.41. The molecule has 0 aromatic rings. The Morgan fingerprint density at radius 3 is 2.47 bits per heavy atom. The van der Waals surface area contributed by atoms with Gasteiger partial charge in [-0.2, -0.15) is 0 Å². The lowest BCUT2D eigenvalue weighted by atomic mass is 9.44. The van der Waals surface area contributed by atoms with Crippen molar-refractivity contribution < 1.29 is 19.3 Å². The maximum Gasteiger partial charge on any atom is 0.302 e. The second kappa shape index (κ2) is 8.33. The van der Waals surface area contributed by atoms with Crippen LogP contribution in [0.15, 0.2) is 11.6 Å². The zero-order chi connectivity index (χ0) is 24.5. The van der Waals surface area contributed by atoms with Gasteiger partial charge < -0.3 is 4.74 Å². The summed E-state index contributed by atoms with van der Waals surface area (Å²) < 4.78 is 5.65. The molecule has 5 unspecified atom stereocenters. The Morgan fingerprint density at radius 2 is 1.82 bits per heavy atom. The molecule has 0 radical (unpaired) electrons. The molecule has 5 fully saturated rings. The highest BCUT2D eigenvalue weighted by Crippen LogP contribution is 2.73. The topological polar surface area (TPSA) is 44.8 Å². The van der Waals surface area contributed by atoms with Gasteiger partial charge in [-0.25, -0.2) is 9.78 Å². The van der Waals surface area contributed by atoms with Crippen LogP contribution in [-0.4, -0.2) is 23.3 Å². The first kappa shape index (κ1) is 24.8. The number of fused-ring (bicyclic) bond motifs is 3. The quantitative estimate of drug-likeness (QED) is 0.229. The lowest BCUT2D eigenvalue weighted by molar-refractivity contribution is -0.494. The van der Waals surface area contributed by atoms with Crippen molar-refractivity contribution in [3.63, 3.8) is 0 Å². The van der Waals surface area contributed by atoms with Crippen LogP contribution in [0.25, 0.3) is 0 Å². The van der Waals surface area contributed by atoms with E-state index in [4.69, 9.17) is 14.5 Å². The summed E-state index contributed by atoms with van der Waals surface area (Å²) in [5.41, 5.74) is 1.19. The summed E-state index contributed by atoms with van der Waals surface area (Å²) in [6.07, 6.45) is 13.7. The molecule has 2 spiro atoms. The number of carbonyl (C=O) groups excluding carboxylic acids is 1. The van der Waals surface area contributed by atoms with Gasteiger partial charge in [0.1, 0.15) is 17.3 Å². The van der Waals surface area contributed by atoms with Crippen LogP contribution < -0.4 is 0 Å². The summed E-state index contributed by atoms with van der Waals surface area (Å²) >= 11 is 0. The van der Waals surface area contributed by atoms with Crippen molar-refractivity contribution in [1.82, 2.24) is 0 Å². The van der Waals surface area contributed by atoms with Crippen LogP contribution in [0.5, 0.6) is 0 Å². The highest BCUT2D eigenvalue weighted by atomic mass is 17.2. The fraction of sp³-hybridized carbons (Fsp3) is 0.900. The van der Waals surface area contributed by atoms with E-state index in [2.05, 4.69) is 47.6 Å². The standard InChI is InChI=1S/C30H48O4/c1-19(2)20(3)8-9-21(4)24-10-11-25-27(24,6)14-13-26-28(7)15-12-23(32-22(5)31)18-29(28)16-17-30(25,26)34-33-29/h13,19-21,23-25H,8-12,14-18H2,1-7H3/t20-,21+,23?,24?,25?,27?,28?,29+,30-/m0/s1. The highest BCUT2D eigenvalue weighted by molar-refractivity contribution is 5.66. The largest absolute Gasteiger partial charge is 0.462 e. The molecular weight excluding hydrogens is 424 g/mol. The average Bonchev–Trinajstić information content (AvgIpc) is 3.14. The molecule has 0 N–H and O–H groups in total. The number of rotatable bonds is 6. The van der Waals surface area contributed by atoms with Crippen LogP contribution in [0, 0.1) is 40.4 Å². The van der Waals surface area contributed by atoms with Crippen molar-refractivity contribution >= 4 is 5.97 Å². The minimum atomic E-state index is -0.356. The number of hydrogen-bond donors (Lipinski definition) is 0. The first-order chi connectivity index (χ1) is 16.0. The Kier molecular flexibility index (Phi) is 6.08. The molecule has 2 heterocycles. The van der Waals surface area contributed by atoms with Gasteiger partial charge in [-0.15, -0.1) is 0 Å². The van der Waals surface area contributed by atoms with Crippen LogP contribution in [-0.2, 0) is 19.3 Å². The molecule has 6 rings (SSSR count). The Balaban J connectivity index is 1.40. The summed E-state index contributed by atoms with van der Waals surface area (Å²) in [6.45, 7) is 16.2. The Morgan fingerprint density at radius 1 is 1.06 bits per heavy atom. The monoisotopic (exact) mass is 472 g/mol. The zero-order valence-corrected chi connectivity index (χ0v) is 22.7. The Labute approximate surface area is 207 Å². The molecule has 34 heavy (non-hydrogen) atoms. The van der Waals surface area contributed by atoms with E-state index >= 15 is 0 Å². The highest BCUT2D eigenvalue weighted by Gasteiger charge is 2.73. The minimum absolute atomic E-state index is 0.0160. The molecule has 0 amide bonds. The van der Waals surface area contributed by atoms with E-state index in [1.807, 2.05) is 0 Å². The maximum absolute atomic E-state index is 11.6. The molecule has 6 aliphatic rings. The van der Waals surface area contributed by atoms with Gasteiger partial charge in [-0.05, 0) is 79.6 Å². The van der Waals surface area contributed by atoms with Gasteiger partial charge in [0.15, 0.2) is 0 Å². The third kappa shape index (κ3) is 3.40. The van der Waals surface area contributed by atoms with Gasteiger partial charge in [0.2, 0.25) is 0 Å². The third-order valence-electron chi connectivity index (χ3n) is 11.8. The lowest BCUT2D eigenvalue weighted by Gasteiger charge is -2.69. The van der Waals surface area contributed by atoms with Crippen molar-refractivity contribution in [3.05, 3.63) is 11.6 Å². The van der Waals surface area contributed by atoms with E-state index in [9.17, 15) is 4.79 Å². The van der Waals surface area contributed by atoms with Gasteiger partial charge in [0.25, 0.3) is 0 Å². The first-order valence-electron chi connectivity index (χ1n) is 14.2. The van der Waals surface area contributed by atoms with E-state index in [1.54, 1.807) is 0 Å². The van der Waals surface area contributed by atoms with Gasteiger partial charge in [-0.1, -0.05) is 60.5 Å². The van der Waals surface area contributed by atoms with Crippen molar-refractivity contribution in [2.45, 2.75) is 130 Å². The summed E-state index contributed by atoms with van der Waals surface area (Å²) in [5, 5.41) is 0. The average molecular weight is 473 g/mol. The summed E-state index contributed by atoms with van der Waals surface area (Å²) in [7, 11) is 0. The smallest absolute Gasteiger partial charge is 0.302 e. The molecule has 4 nitrogen and oxygen atoms in total. The van der Waals surface area contributed by atoms with Crippen molar-refractivity contribution in [1.29, 1.82) is 0 Å². The molecule has 3 saturated carbocycles. The molecule has 4 heteroatoms. The normalized spacial score (nSPS) is 46.8. The SMILES string of the molecule is CC(=O)OC1CCC2(C)C3=CCC4(C)C([C@H](C)CC[C@H](C)C(C)C)CCC4[C@@]34CC[C@]2(C1)OO4. The van der Waals surface area contributed by atoms with E-state index in [0.29, 0.717) is 5.92 Å². The van der Waals surface area contributed by atoms with Gasteiger partial charge in [0, 0.05) is 24.7 Å². The second-order valence-electron chi connectivity index (χ2n) is 13.7. The molecule has 2 aliphatic heterocycles. The first-order valence-corrected chi connectivity index (χ1v) is 14.2. The molecule has 2 bridgehead atoms. The van der Waals surface area contributed by atoms with E-state index < -0.39 is 0 Å². The minimum Gasteiger partial charge on any atom is -0.462 e. The Bertz CT molecular complexity index is 837. The van der Waals surface area contributed by atoms with Crippen LogP contribution in [0.2, 0.25) is 0 Å². The van der Waals surface area contributed by atoms with Gasteiger partial charge in [-0.3, -0.25) is 4.79 Å². The maximum atomic E-state index is 11.6. The summed E-state index contributed by atoms with van der Waals surface area (Å²) in [4.78, 5) is 24.7. The number of esters is 1. The predicted molar refractivity (Wildman–Crippen MR) is 134 cm³/mol. The van der Waals surface area contributed by atoms with Crippen LogP contribution >= 0.6 is 0 Å². The van der Waals surface area contributed by atoms with E-state index in [0.717, 1.165) is 55.8 Å². The zero-order valence-electron chi connectivity index (χ0n) is 22.7. The van der Waals surface area contributed by atoms with Crippen LogP contribution in [0.4, 0.5) is 0 Å². The number of carbonyl (C=O) groups is 1. The number of ether oxygens (including phenoxy) is 1. The van der Waals surface area contributed by atoms with Crippen LogP contribution in [0.3, 0.4) is 0 Å². The number of hydrogen-bond acceptors (Lipinski definition) is 4. The van der Waals surface area contributed by atoms with E-state index in [-0.39, 0.29) is 34.1 Å². The van der Waals surface area contributed by atoms with Crippen molar-refractivity contribution in [3.8, 4) is 0 Å². The van der Waals surface area contributed by atoms with Crippen molar-refractivity contribution in [2.75, 3.05) is 0 Å². The van der Waals surface area contributed by atoms with Gasteiger partial charge in [0.05, 0.1) is 0 Å². The molecular formula is C30H48O4. The summed E-state index contributed by atoms with van der Waals surface area (Å²) in [6, 6.07) is 0. The molecule has 192 valence electrons. The second-order valence-corrected chi connectivity index (χ2v) is 13.7. The summed E-state index contributed by atoms with van der Waals surface area (Å²) in [5.74, 6) is 3.43. The molecule has 2 saturated heterocycles. The molecule has 9 atom stereocenters. The molecule has 0 aromatic heterocycles. The molecule has 0 aromatic carbocycles. The van der Waals surface area contributed by atoms with Crippen molar-refractivity contribution in [2.24, 2.45) is 40.4 Å². The number of allylic oxidation sites excluding steroid dienone is 1.